The van der Waals surface area contributed by atoms with Crippen molar-refractivity contribution in [3.63, 3.8) is 0 Å². The van der Waals surface area contributed by atoms with E-state index in [-0.39, 0.29) is 6.10 Å². The van der Waals surface area contributed by atoms with Crippen LogP contribution in [0.1, 0.15) is 25.6 Å². The summed E-state index contributed by atoms with van der Waals surface area (Å²) in [7, 11) is 1.98. The molecule has 0 fully saturated rings. The van der Waals surface area contributed by atoms with Crippen molar-refractivity contribution in [1.29, 1.82) is 0 Å². The number of H-pyrrole nitrogens is 1. The quantitative estimate of drug-likeness (QED) is 0.635. The van der Waals surface area contributed by atoms with E-state index in [2.05, 4.69) is 11.9 Å². The van der Waals surface area contributed by atoms with Crippen LogP contribution in [0.4, 0.5) is 0 Å². The van der Waals surface area contributed by atoms with Crippen molar-refractivity contribution >= 4 is 0 Å². The van der Waals surface area contributed by atoms with Crippen LogP contribution in [0.3, 0.4) is 0 Å². The van der Waals surface area contributed by atoms with Crippen LogP contribution >= 0.6 is 0 Å². The van der Waals surface area contributed by atoms with Crippen LogP contribution in [-0.4, -0.2) is 16.2 Å². The van der Waals surface area contributed by atoms with Gasteiger partial charge in [0.2, 0.25) is 0 Å². The lowest BCUT2D eigenvalue weighted by Gasteiger charge is -2.04. The molecule has 1 aromatic heterocycles. The predicted molar refractivity (Wildman–Crippen MR) is 46.6 cm³/mol. The second-order valence-corrected chi connectivity index (χ2v) is 3.16. The summed E-state index contributed by atoms with van der Waals surface area (Å²) >= 11 is 0. The number of nitrogens with one attached hydrogen (secondary N) is 1. The molecule has 12 heavy (non-hydrogen) atoms. The van der Waals surface area contributed by atoms with E-state index in [1.54, 1.807) is 0 Å². The van der Waals surface area contributed by atoms with Gasteiger partial charge in [-0.2, -0.15) is 0 Å². The van der Waals surface area contributed by atoms with Gasteiger partial charge in [-0.05, 0) is 6.42 Å². The van der Waals surface area contributed by atoms with Gasteiger partial charge in [-0.15, -0.1) is 0 Å². The van der Waals surface area contributed by atoms with Crippen molar-refractivity contribution in [3.8, 4) is 0 Å². The second kappa shape index (κ2) is 4.26. The monoisotopic (exact) mass is 169 g/mol. The van der Waals surface area contributed by atoms with Crippen molar-refractivity contribution in [1.82, 2.24) is 4.98 Å². The summed E-state index contributed by atoms with van der Waals surface area (Å²) < 4.78 is 2.00. The van der Waals surface area contributed by atoms with Crippen molar-refractivity contribution in [2.75, 3.05) is 0 Å². The van der Waals surface area contributed by atoms with Crippen molar-refractivity contribution in [2.24, 2.45) is 7.05 Å². The minimum Gasteiger partial charge on any atom is -0.392 e. The highest BCUT2D eigenvalue weighted by atomic mass is 16.3. The van der Waals surface area contributed by atoms with Gasteiger partial charge in [0.25, 0.3) is 5.82 Å². The summed E-state index contributed by atoms with van der Waals surface area (Å²) in [5.74, 6) is 1.08. The molecule has 0 spiro atoms. The Kier molecular flexibility index (Phi) is 3.29. The maximum Gasteiger partial charge on any atom is 0.256 e. The molecular formula is C9H17N2O+. The zero-order chi connectivity index (χ0) is 8.97. The molecule has 1 aromatic rings. The molecule has 0 saturated carbocycles. The molecule has 1 atom stereocenters. The number of imidazole rings is 1. The molecule has 1 unspecified atom stereocenters. The molecule has 0 amide bonds. The summed E-state index contributed by atoms with van der Waals surface area (Å²) in [5, 5.41) is 9.51. The van der Waals surface area contributed by atoms with Gasteiger partial charge >= 0.3 is 0 Å². The minimum absolute atomic E-state index is 0.208. The molecule has 0 saturated heterocycles. The Bertz CT molecular complexity index is 232. The van der Waals surface area contributed by atoms with E-state index < -0.39 is 0 Å². The number of hydrogen-bond acceptors (Lipinski definition) is 1. The van der Waals surface area contributed by atoms with Crippen LogP contribution in [0.5, 0.6) is 0 Å². The van der Waals surface area contributed by atoms with E-state index in [1.165, 1.54) is 0 Å². The van der Waals surface area contributed by atoms with E-state index in [1.807, 2.05) is 24.0 Å². The first-order valence-electron chi connectivity index (χ1n) is 4.44. The van der Waals surface area contributed by atoms with Crippen molar-refractivity contribution in [2.45, 2.75) is 32.3 Å². The zero-order valence-corrected chi connectivity index (χ0v) is 7.75. The molecule has 0 aliphatic heterocycles. The number of aromatic nitrogens is 2. The number of aliphatic hydroxyl groups excluding tert-OH is 1. The number of aryl methyl sites for hydroxylation is 1. The van der Waals surface area contributed by atoms with Gasteiger partial charge < -0.3 is 5.11 Å². The van der Waals surface area contributed by atoms with Crippen LogP contribution in [0.15, 0.2) is 12.4 Å². The Labute approximate surface area is 73.1 Å². The van der Waals surface area contributed by atoms with Gasteiger partial charge in [-0.3, -0.25) is 0 Å². The Morgan fingerprint density at radius 3 is 2.92 bits per heavy atom. The Morgan fingerprint density at radius 2 is 2.42 bits per heavy atom. The third-order valence-corrected chi connectivity index (χ3v) is 2.02. The lowest BCUT2D eigenvalue weighted by Crippen LogP contribution is -2.32. The Balaban J connectivity index is 2.46. The van der Waals surface area contributed by atoms with E-state index >= 15 is 0 Å². The molecule has 0 radical (unpaired) electrons. The summed E-state index contributed by atoms with van der Waals surface area (Å²) in [4.78, 5) is 3.10. The largest absolute Gasteiger partial charge is 0.392 e. The number of rotatable bonds is 4. The molecule has 1 heterocycles. The minimum atomic E-state index is -0.208. The summed E-state index contributed by atoms with van der Waals surface area (Å²) in [5.41, 5.74) is 0. The number of nitrogens with zero attached hydrogens (tertiary/aromatic N) is 1. The van der Waals surface area contributed by atoms with E-state index in [0.29, 0.717) is 0 Å². The Hall–Kier alpha value is -0.830. The molecule has 0 bridgehead atoms. The van der Waals surface area contributed by atoms with Crippen LogP contribution in [0.2, 0.25) is 0 Å². The first-order valence-corrected chi connectivity index (χ1v) is 4.44. The SMILES string of the molecule is CCCC(O)Cc1[nH]cc[n+]1C. The van der Waals surface area contributed by atoms with Crippen LogP contribution in [0, 0.1) is 0 Å². The first kappa shape index (κ1) is 9.26. The molecule has 0 aliphatic rings. The summed E-state index contributed by atoms with van der Waals surface area (Å²) in [6, 6.07) is 0. The maximum atomic E-state index is 9.51. The number of hydrogen-bond donors (Lipinski definition) is 2. The second-order valence-electron chi connectivity index (χ2n) is 3.16. The van der Waals surface area contributed by atoms with Gasteiger partial charge in [0.1, 0.15) is 12.4 Å². The molecule has 3 heteroatoms. The fraction of sp³-hybridized carbons (Fsp3) is 0.667. The van der Waals surface area contributed by atoms with Crippen molar-refractivity contribution < 1.29 is 9.67 Å². The number of aliphatic hydroxyl groups is 1. The molecule has 0 aliphatic carbocycles. The topological polar surface area (TPSA) is 39.9 Å². The summed E-state index contributed by atoms with van der Waals surface area (Å²) in [6.07, 6.45) is 6.25. The average molecular weight is 169 g/mol. The molecular weight excluding hydrogens is 152 g/mol. The molecule has 68 valence electrons. The highest BCUT2D eigenvalue weighted by Crippen LogP contribution is 2.01. The third-order valence-electron chi connectivity index (χ3n) is 2.02. The lowest BCUT2D eigenvalue weighted by atomic mass is 10.1. The number of aromatic amines is 1. The maximum absolute atomic E-state index is 9.51. The smallest absolute Gasteiger partial charge is 0.256 e. The fourth-order valence-corrected chi connectivity index (χ4v) is 1.30. The van der Waals surface area contributed by atoms with Crippen LogP contribution < -0.4 is 4.57 Å². The standard InChI is InChI=1S/C9H16N2O/c1-3-4-8(12)7-9-10-5-6-11(9)2/h5-6,8,12H,3-4,7H2,1-2H3/p+1. The van der Waals surface area contributed by atoms with Gasteiger partial charge in [0.05, 0.1) is 19.6 Å². The van der Waals surface area contributed by atoms with Gasteiger partial charge in [0, 0.05) is 0 Å². The first-order chi connectivity index (χ1) is 5.74. The normalized spacial score (nSPS) is 13.2. The summed E-state index contributed by atoms with van der Waals surface area (Å²) in [6.45, 7) is 2.08. The highest BCUT2D eigenvalue weighted by molar-refractivity contribution is 4.80. The fourth-order valence-electron chi connectivity index (χ4n) is 1.30. The van der Waals surface area contributed by atoms with Crippen LogP contribution in [-0.2, 0) is 13.5 Å². The van der Waals surface area contributed by atoms with Crippen LogP contribution in [0.25, 0.3) is 0 Å². The molecule has 0 aromatic carbocycles. The Morgan fingerprint density at radius 1 is 1.67 bits per heavy atom. The van der Waals surface area contributed by atoms with Gasteiger partial charge in [-0.25, -0.2) is 9.55 Å². The van der Waals surface area contributed by atoms with Gasteiger partial charge in [-0.1, -0.05) is 13.3 Å². The third kappa shape index (κ3) is 2.34. The molecule has 2 N–H and O–H groups in total. The highest BCUT2D eigenvalue weighted by Gasteiger charge is 2.12. The molecule has 3 nitrogen and oxygen atoms in total. The van der Waals surface area contributed by atoms with Crippen molar-refractivity contribution in [3.05, 3.63) is 18.2 Å². The van der Waals surface area contributed by atoms with E-state index in [4.69, 9.17) is 0 Å². The predicted octanol–water partition coefficient (Wildman–Crippen LogP) is 0.543. The average Bonchev–Trinajstić information content (AvgIpc) is 2.37. The molecule has 1 rings (SSSR count). The van der Waals surface area contributed by atoms with E-state index in [0.717, 1.165) is 25.1 Å². The van der Waals surface area contributed by atoms with E-state index in [9.17, 15) is 5.11 Å². The lowest BCUT2D eigenvalue weighted by molar-refractivity contribution is -0.678. The zero-order valence-electron chi connectivity index (χ0n) is 7.75. The van der Waals surface area contributed by atoms with Gasteiger partial charge in [0.15, 0.2) is 0 Å².